The third kappa shape index (κ3) is 8.19. The van der Waals surface area contributed by atoms with Crippen molar-refractivity contribution in [2.45, 2.75) is 58.3 Å². The number of carboxylic acid groups (broad SMARTS) is 1. The second-order valence-electron chi connectivity index (χ2n) is 5.34. The maximum Gasteiger partial charge on any atom is 0.317 e. The van der Waals surface area contributed by atoms with Crippen molar-refractivity contribution >= 4 is 5.97 Å². The predicted molar refractivity (Wildman–Crippen MR) is 70.2 cm³/mol. The summed E-state index contributed by atoms with van der Waals surface area (Å²) in [6, 6.07) is 0. The molecule has 1 rings (SSSR count). The molecule has 0 heterocycles. The van der Waals surface area contributed by atoms with Crippen molar-refractivity contribution in [2.75, 3.05) is 19.6 Å². The molecule has 0 aliphatic heterocycles. The van der Waals surface area contributed by atoms with Gasteiger partial charge in [-0.3, -0.25) is 9.69 Å². The second-order valence-corrected chi connectivity index (χ2v) is 5.34. The summed E-state index contributed by atoms with van der Waals surface area (Å²) in [5, 5.41) is 8.85. The van der Waals surface area contributed by atoms with E-state index in [2.05, 4.69) is 11.8 Å². The molecule has 1 saturated carbocycles. The number of unbranched alkanes of at least 4 members (excludes halogenated alkanes) is 5. The molecule has 0 aromatic heterocycles. The van der Waals surface area contributed by atoms with Crippen molar-refractivity contribution in [2.24, 2.45) is 5.92 Å². The maximum atomic E-state index is 10.7. The summed E-state index contributed by atoms with van der Waals surface area (Å²) in [4.78, 5) is 12.9. The first kappa shape index (κ1) is 14.5. The van der Waals surface area contributed by atoms with Crippen LogP contribution in [0.3, 0.4) is 0 Å². The molecule has 0 atom stereocenters. The first-order valence-corrected chi connectivity index (χ1v) is 7.16. The summed E-state index contributed by atoms with van der Waals surface area (Å²) in [6.07, 6.45) is 10.3. The Morgan fingerprint density at radius 2 is 1.82 bits per heavy atom. The van der Waals surface area contributed by atoms with Crippen molar-refractivity contribution in [3.8, 4) is 0 Å². The molecule has 3 heteroatoms. The highest BCUT2D eigenvalue weighted by atomic mass is 16.4. The minimum atomic E-state index is -0.684. The van der Waals surface area contributed by atoms with Crippen LogP contribution in [-0.2, 0) is 4.79 Å². The van der Waals surface area contributed by atoms with Gasteiger partial charge in [0.1, 0.15) is 0 Å². The quantitative estimate of drug-likeness (QED) is 0.565. The SMILES string of the molecule is CCCCCCCCN(CC(=O)O)CC1CC1. The molecule has 0 bridgehead atoms. The van der Waals surface area contributed by atoms with Gasteiger partial charge in [-0.15, -0.1) is 0 Å². The number of hydrogen-bond acceptors (Lipinski definition) is 2. The lowest BCUT2D eigenvalue weighted by atomic mass is 10.1. The molecule has 1 N–H and O–H groups in total. The molecular formula is C14H27NO2. The van der Waals surface area contributed by atoms with Gasteiger partial charge < -0.3 is 5.11 Å². The average molecular weight is 241 g/mol. The smallest absolute Gasteiger partial charge is 0.317 e. The molecular weight excluding hydrogens is 214 g/mol. The second kappa shape index (κ2) is 8.51. The molecule has 1 aliphatic carbocycles. The number of carboxylic acids is 1. The summed E-state index contributed by atoms with van der Waals surface area (Å²) in [5.41, 5.74) is 0. The van der Waals surface area contributed by atoms with Crippen molar-refractivity contribution in [1.29, 1.82) is 0 Å². The fourth-order valence-corrected chi connectivity index (χ4v) is 2.21. The molecule has 0 aromatic carbocycles. The summed E-state index contributed by atoms with van der Waals surface area (Å²) in [6.45, 7) is 4.42. The van der Waals surface area contributed by atoms with Crippen LogP contribution in [-0.4, -0.2) is 35.6 Å². The zero-order valence-electron chi connectivity index (χ0n) is 11.2. The molecule has 0 saturated heterocycles. The van der Waals surface area contributed by atoms with E-state index in [1.807, 2.05) is 0 Å². The van der Waals surface area contributed by atoms with Crippen LogP contribution < -0.4 is 0 Å². The number of nitrogens with zero attached hydrogens (tertiary/aromatic N) is 1. The highest BCUT2D eigenvalue weighted by Crippen LogP contribution is 2.29. The van der Waals surface area contributed by atoms with Crippen molar-refractivity contribution in [3.05, 3.63) is 0 Å². The first-order valence-electron chi connectivity index (χ1n) is 7.16. The fourth-order valence-electron chi connectivity index (χ4n) is 2.21. The Morgan fingerprint density at radius 1 is 1.18 bits per heavy atom. The van der Waals surface area contributed by atoms with E-state index in [1.54, 1.807) is 0 Å². The Kier molecular flexibility index (Phi) is 7.25. The van der Waals surface area contributed by atoms with Gasteiger partial charge in [0.15, 0.2) is 0 Å². The van der Waals surface area contributed by atoms with Crippen LogP contribution >= 0.6 is 0 Å². The van der Waals surface area contributed by atoms with Gasteiger partial charge in [-0.1, -0.05) is 39.0 Å². The van der Waals surface area contributed by atoms with Crippen LogP contribution in [0, 0.1) is 5.92 Å². The molecule has 17 heavy (non-hydrogen) atoms. The van der Waals surface area contributed by atoms with Crippen LogP contribution in [0.1, 0.15) is 58.3 Å². The number of hydrogen-bond donors (Lipinski definition) is 1. The van der Waals surface area contributed by atoms with Gasteiger partial charge in [0.05, 0.1) is 6.54 Å². The molecule has 0 spiro atoms. The van der Waals surface area contributed by atoms with Gasteiger partial charge in [-0.25, -0.2) is 0 Å². The zero-order valence-corrected chi connectivity index (χ0v) is 11.2. The highest BCUT2D eigenvalue weighted by molar-refractivity contribution is 5.69. The lowest BCUT2D eigenvalue weighted by Crippen LogP contribution is -2.32. The highest BCUT2D eigenvalue weighted by Gasteiger charge is 2.24. The molecule has 0 radical (unpaired) electrons. The summed E-state index contributed by atoms with van der Waals surface area (Å²) in [5.74, 6) is 0.103. The minimum absolute atomic E-state index is 0.228. The molecule has 100 valence electrons. The Hall–Kier alpha value is -0.570. The largest absolute Gasteiger partial charge is 0.480 e. The van der Waals surface area contributed by atoms with Gasteiger partial charge in [-0.05, 0) is 31.7 Å². The van der Waals surface area contributed by atoms with Crippen molar-refractivity contribution < 1.29 is 9.90 Å². The Bertz CT molecular complexity index is 214. The predicted octanol–water partition coefficient (Wildman–Crippen LogP) is 3.14. The topological polar surface area (TPSA) is 40.5 Å². The summed E-state index contributed by atoms with van der Waals surface area (Å²) >= 11 is 0. The van der Waals surface area contributed by atoms with Crippen LogP contribution in [0.5, 0.6) is 0 Å². The van der Waals surface area contributed by atoms with Crippen LogP contribution in [0.15, 0.2) is 0 Å². The number of aliphatic carboxylic acids is 1. The average Bonchev–Trinajstić information content (AvgIpc) is 3.06. The Morgan fingerprint density at radius 3 is 2.41 bits per heavy atom. The summed E-state index contributed by atoms with van der Waals surface area (Å²) < 4.78 is 0. The third-order valence-electron chi connectivity index (χ3n) is 3.40. The monoisotopic (exact) mass is 241 g/mol. The molecule has 0 amide bonds. The van der Waals surface area contributed by atoms with Crippen molar-refractivity contribution in [3.63, 3.8) is 0 Å². The number of rotatable bonds is 11. The standard InChI is InChI=1S/C14H27NO2/c1-2-3-4-5-6-7-10-15(12-14(16)17)11-13-8-9-13/h13H,2-12H2,1H3,(H,16,17). The van der Waals surface area contributed by atoms with Crippen LogP contribution in [0.25, 0.3) is 0 Å². The summed E-state index contributed by atoms with van der Waals surface area (Å²) in [7, 11) is 0. The third-order valence-corrected chi connectivity index (χ3v) is 3.40. The molecule has 1 fully saturated rings. The fraction of sp³-hybridized carbons (Fsp3) is 0.929. The minimum Gasteiger partial charge on any atom is -0.480 e. The van der Waals surface area contributed by atoms with Gasteiger partial charge in [0, 0.05) is 6.54 Å². The van der Waals surface area contributed by atoms with Gasteiger partial charge in [0.25, 0.3) is 0 Å². The van der Waals surface area contributed by atoms with E-state index < -0.39 is 5.97 Å². The molecule has 0 aromatic rings. The first-order chi connectivity index (χ1) is 8.22. The zero-order chi connectivity index (χ0) is 12.5. The van der Waals surface area contributed by atoms with E-state index in [0.29, 0.717) is 0 Å². The van der Waals surface area contributed by atoms with Gasteiger partial charge in [-0.2, -0.15) is 0 Å². The molecule has 1 aliphatic rings. The molecule has 3 nitrogen and oxygen atoms in total. The van der Waals surface area contributed by atoms with E-state index in [0.717, 1.165) is 25.4 Å². The van der Waals surface area contributed by atoms with E-state index in [-0.39, 0.29) is 6.54 Å². The lowest BCUT2D eigenvalue weighted by Gasteiger charge is -2.19. The van der Waals surface area contributed by atoms with Crippen molar-refractivity contribution in [1.82, 2.24) is 4.90 Å². The lowest BCUT2D eigenvalue weighted by molar-refractivity contribution is -0.138. The van der Waals surface area contributed by atoms with Crippen LogP contribution in [0.4, 0.5) is 0 Å². The molecule has 0 unspecified atom stereocenters. The van der Waals surface area contributed by atoms with E-state index in [9.17, 15) is 4.79 Å². The van der Waals surface area contributed by atoms with E-state index >= 15 is 0 Å². The maximum absolute atomic E-state index is 10.7. The normalized spacial score (nSPS) is 15.4. The van der Waals surface area contributed by atoms with Gasteiger partial charge >= 0.3 is 5.97 Å². The van der Waals surface area contributed by atoms with Gasteiger partial charge in [0.2, 0.25) is 0 Å². The van der Waals surface area contributed by atoms with E-state index in [1.165, 1.54) is 44.9 Å². The Balaban J connectivity index is 2.03. The van der Waals surface area contributed by atoms with Crippen LogP contribution in [0.2, 0.25) is 0 Å². The Labute approximate surface area is 105 Å². The van der Waals surface area contributed by atoms with E-state index in [4.69, 9.17) is 5.11 Å². The number of carbonyl (C=O) groups is 1.